The summed E-state index contributed by atoms with van der Waals surface area (Å²) in [6, 6.07) is 19.0. The van der Waals surface area contributed by atoms with Gasteiger partial charge in [-0.25, -0.2) is 0 Å². The Morgan fingerprint density at radius 2 is 1.76 bits per heavy atom. The van der Waals surface area contributed by atoms with E-state index in [2.05, 4.69) is 70.2 Å². The number of hydrogen-bond donors (Lipinski definition) is 3. The van der Waals surface area contributed by atoms with Crippen LogP contribution < -0.4 is 10.6 Å². The van der Waals surface area contributed by atoms with E-state index in [1.165, 1.54) is 16.8 Å². The smallest absolute Gasteiger partial charge is 0.261 e. The number of rotatable bonds is 5. The van der Waals surface area contributed by atoms with E-state index in [4.69, 9.17) is 4.55 Å². The van der Waals surface area contributed by atoms with Crippen LogP contribution in [0.15, 0.2) is 59.6 Å². The third kappa shape index (κ3) is 7.82. The molecular formula is C18H23N3O3S. The number of para-hydroxylation sites is 1. The monoisotopic (exact) mass is 361 g/mol. The summed E-state index contributed by atoms with van der Waals surface area (Å²) in [6.07, 6.45) is 1.66. The molecule has 2 aromatic carbocycles. The van der Waals surface area contributed by atoms with Gasteiger partial charge in [0.25, 0.3) is 10.1 Å². The van der Waals surface area contributed by atoms with Gasteiger partial charge in [0.05, 0.1) is 19.3 Å². The van der Waals surface area contributed by atoms with Crippen molar-refractivity contribution in [2.45, 2.75) is 6.42 Å². The molecule has 25 heavy (non-hydrogen) atoms. The van der Waals surface area contributed by atoms with Gasteiger partial charge in [-0.3, -0.25) is 9.55 Å². The summed E-state index contributed by atoms with van der Waals surface area (Å²) in [7, 11) is -3.67. The molecule has 134 valence electrons. The summed E-state index contributed by atoms with van der Waals surface area (Å²) >= 11 is 0. The molecule has 2 aromatic rings. The fraction of sp³-hybridized carbons (Fsp3) is 0.278. The Hall–Kier alpha value is -2.38. The fourth-order valence-electron chi connectivity index (χ4n) is 2.41. The summed E-state index contributed by atoms with van der Waals surface area (Å²) in [5.74, 6) is 1.06. The first kappa shape index (κ1) is 19.0. The third-order valence-corrected chi connectivity index (χ3v) is 3.44. The molecule has 1 aliphatic rings. The van der Waals surface area contributed by atoms with Crippen LogP contribution in [0.25, 0.3) is 0 Å². The molecule has 7 heteroatoms. The van der Waals surface area contributed by atoms with Gasteiger partial charge in [-0.1, -0.05) is 48.5 Å². The molecule has 0 atom stereocenters. The maximum atomic E-state index is 9.19. The summed E-state index contributed by atoms with van der Waals surface area (Å²) < 4.78 is 25.9. The average molecular weight is 361 g/mol. The number of amidine groups is 1. The maximum absolute atomic E-state index is 9.19. The van der Waals surface area contributed by atoms with Gasteiger partial charge < -0.3 is 10.6 Å². The topological polar surface area (TPSA) is 90.8 Å². The van der Waals surface area contributed by atoms with E-state index in [-0.39, 0.29) is 0 Å². The standard InChI is InChI=1S/C17H19N3.CH4O3S/c1-2-6-14(7-3-1)12-15-8-4-5-9-16(15)20-13-17-18-10-11-19-17;1-5(2,3)4/h1-9,20H,10-13H2,(H,18,19);1H3,(H,2,3,4). The zero-order valence-electron chi connectivity index (χ0n) is 14.1. The van der Waals surface area contributed by atoms with Crippen LogP contribution in [0, 0.1) is 0 Å². The second kappa shape index (κ2) is 9.19. The van der Waals surface area contributed by atoms with Crippen molar-refractivity contribution < 1.29 is 13.0 Å². The quantitative estimate of drug-likeness (QED) is 0.710. The maximum Gasteiger partial charge on any atom is 0.261 e. The molecule has 0 radical (unpaired) electrons. The van der Waals surface area contributed by atoms with Crippen LogP contribution >= 0.6 is 0 Å². The van der Waals surface area contributed by atoms with Gasteiger partial charge in [0.2, 0.25) is 0 Å². The molecule has 0 spiro atoms. The van der Waals surface area contributed by atoms with Crippen molar-refractivity contribution in [3.8, 4) is 0 Å². The van der Waals surface area contributed by atoms with Gasteiger partial charge >= 0.3 is 0 Å². The molecule has 0 fully saturated rings. The van der Waals surface area contributed by atoms with E-state index in [1.54, 1.807) is 0 Å². The van der Waals surface area contributed by atoms with Gasteiger partial charge in [-0.05, 0) is 23.6 Å². The number of aliphatic imine (C=N–C) groups is 1. The summed E-state index contributed by atoms with van der Waals surface area (Å²) in [6.45, 7) is 2.62. The van der Waals surface area contributed by atoms with Crippen molar-refractivity contribution in [2.75, 3.05) is 31.2 Å². The lowest BCUT2D eigenvalue weighted by atomic mass is 10.0. The lowest BCUT2D eigenvalue weighted by molar-refractivity contribution is 0.490. The molecule has 0 saturated carbocycles. The molecule has 0 amide bonds. The first-order chi connectivity index (χ1) is 11.9. The Morgan fingerprint density at radius 1 is 1.12 bits per heavy atom. The zero-order valence-corrected chi connectivity index (χ0v) is 15.0. The molecule has 3 rings (SSSR count). The second-order valence-electron chi connectivity index (χ2n) is 5.66. The van der Waals surface area contributed by atoms with Crippen molar-refractivity contribution in [1.82, 2.24) is 5.32 Å². The minimum Gasteiger partial charge on any atom is -0.378 e. The summed E-state index contributed by atoms with van der Waals surface area (Å²) in [5, 5.41) is 6.77. The minimum absolute atomic E-state index is 0.715. The number of benzene rings is 2. The van der Waals surface area contributed by atoms with E-state index in [9.17, 15) is 8.42 Å². The number of anilines is 1. The highest BCUT2D eigenvalue weighted by molar-refractivity contribution is 7.85. The summed E-state index contributed by atoms with van der Waals surface area (Å²) in [5.41, 5.74) is 3.84. The molecule has 3 N–H and O–H groups in total. The van der Waals surface area contributed by atoms with E-state index >= 15 is 0 Å². The molecule has 0 aromatic heterocycles. The van der Waals surface area contributed by atoms with Gasteiger partial charge in [-0.2, -0.15) is 8.42 Å². The first-order valence-corrected chi connectivity index (χ1v) is 9.82. The van der Waals surface area contributed by atoms with Gasteiger partial charge in [-0.15, -0.1) is 0 Å². The van der Waals surface area contributed by atoms with Gasteiger partial charge in [0.15, 0.2) is 0 Å². The molecule has 0 bridgehead atoms. The van der Waals surface area contributed by atoms with E-state index in [1.807, 2.05) is 0 Å². The Morgan fingerprint density at radius 3 is 2.40 bits per heavy atom. The fourth-order valence-corrected chi connectivity index (χ4v) is 2.41. The average Bonchev–Trinajstić information content (AvgIpc) is 3.07. The lowest BCUT2D eigenvalue weighted by Gasteiger charge is -2.12. The zero-order chi connectivity index (χ0) is 18.1. The highest BCUT2D eigenvalue weighted by atomic mass is 32.2. The van der Waals surface area contributed by atoms with Crippen LogP contribution in [0.5, 0.6) is 0 Å². The Bertz CT molecular complexity index is 797. The highest BCUT2D eigenvalue weighted by Crippen LogP contribution is 2.18. The highest BCUT2D eigenvalue weighted by Gasteiger charge is 2.06. The van der Waals surface area contributed by atoms with Crippen LogP contribution in [0.4, 0.5) is 5.69 Å². The Kier molecular flexibility index (Phi) is 6.97. The lowest BCUT2D eigenvalue weighted by Crippen LogP contribution is -2.26. The van der Waals surface area contributed by atoms with Crippen molar-refractivity contribution in [2.24, 2.45) is 4.99 Å². The Balaban J connectivity index is 0.000000399. The van der Waals surface area contributed by atoms with Crippen molar-refractivity contribution in [3.05, 3.63) is 65.7 Å². The molecule has 6 nitrogen and oxygen atoms in total. The van der Waals surface area contributed by atoms with Crippen LogP contribution in [0.3, 0.4) is 0 Å². The SMILES string of the molecule is CS(=O)(=O)O.c1ccc(Cc2ccccc2NCC2=NCCN2)cc1. The predicted molar refractivity (Wildman–Crippen MR) is 102 cm³/mol. The molecular weight excluding hydrogens is 338 g/mol. The minimum atomic E-state index is -3.67. The number of nitrogens with zero attached hydrogens (tertiary/aromatic N) is 1. The molecule has 0 saturated heterocycles. The van der Waals surface area contributed by atoms with Crippen LogP contribution in [0.2, 0.25) is 0 Å². The number of nitrogens with one attached hydrogen (secondary N) is 2. The Labute approximate surface area is 148 Å². The van der Waals surface area contributed by atoms with Gasteiger partial charge in [0.1, 0.15) is 5.84 Å². The number of hydrogen-bond acceptors (Lipinski definition) is 5. The van der Waals surface area contributed by atoms with Crippen LogP contribution in [-0.2, 0) is 16.5 Å². The normalized spacial score (nSPS) is 13.3. The van der Waals surface area contributed by atoms with E-state index in [0.717, 1.165) is 31.9 Å². The van der Waals surface area contributed by atoms with Gasteiger partial charge in [0, 0.05) is 12.2 Å². The molecule has 0 aliphatic carbocycles. The summed E-state index contributed by atoms with van der Waals surface area (Å²) in [4.78, 5) is 4.41. The third-order valence-electron chi connectivity index (χ3n) is 3.44. The largest absolute Gasteiger partial charge is 0.378 e. The van der Waals surface area contributed by atoms with E-state index < -0.39 is 10.1 Å². The predicted octanol–water partition coefficient (Wildman–Crippen LogP) is 2.20. The second-order valence-corrected chi connectivity index (χ2v) is 7.13. The van der Waals surface area contributed by atoms with E-state index in [0.29, 0.717) is 6.26 Å². The van der Waals surface area contributed by atoms with Crippen molar-refractivity contribution >= 4 is 21.6 Å². The first-order valence-electron chi connectivity index (χ1n) is 7.97. The van der Waals surface area contributed by atoms with Crippen LogP contribution in [0.1, 0.15) is 11.1 Å². The van der Waals surface area contributed by atoms with Crippen molar-refractivity contribution in [1.29, 1.82) is 0 Å². The van der Waals surface area contributed by atoms with Crippen molar-refractivity contribution in [3.63, 3.8) is 0 Å². The molecule has 0 unspecified atom stereocenters. The molecule has 1 heterocycles. The molecule has 1 aliphatic heterocycles. The van der Waals surface area contributed by atoms with Crippen LogP contribution in [-0.4, -0.2) is 44.7 Å².